The maximum atomic E-state index is 9.73. The summed E-state index contributed by atoms with van der Waals surface area (Å²) < 4.78 is 0.482. The highest BCUT2D eigenvalue weighted by atomic mass is 32.2. The molecule has 5 heteroatoms. The van der Waals surface area contributed by atoms with Gasteiger partial charge in [0.05, 0.1) is 16.8 Å². The lowest BCUT2D eigenvalue weighted by molar-refractivity contribution is 0.0623. The van der Waals surface area contributed by atoms with Crippen molar-refractivity contribution in [3.63, 3.8) is 0 Å². The second-order valence-electron chi connectivity index (χ2n) is 3.82. The summed E-state index contributed by atoms with van der Waals surface area (Å²) >= 11 is 3.81. The third-order valence-corrected chi connectivity index (χ3v) is 5.36. The molecule has 2 atom stereocenters. The summed E-state index contributed by atoms with van der Waals surface area (Å²) in [5.74, 6) is 2.37. The minimum Gasteiger partial charge on any atom is -0.396 e. The van der Waals surface area contributed by atoms with Crippen LogP contribution in [0.25, 0.3) is 0 Å². The van der Waals surface area contributed by atoms with Crippen LogP contribution in [-0.4, -0.2) is 50.2 Å². The molecule has 15 heavy (non-hydrogen) atoms. The fourth-order valence-corrected chi connectivity index (χ4v) is 4.58. The lowest BCUT2D eigenvalue weighted by atomic mass is 10.1. The van der Waals surface area contributed by atoms with Crippen molar-refractivity contribution in [3.05, 3.63) is 0 Å². The van der Waals surface area contributed by atoms with Crippen LogP contribution in [0.3, 0.4) is 0 Å². The van der Waals surface area contributed by atoms with Gasteiger partial charge >= 0.3 is 0 Å². The van der Waals surface area contributed by atoms with Gasteiger partial charge < -0.3 is 15.3 Å². The zero-order valence-corrected chi connectivity index (χ0v) is 10.5. The van der Waals surface area contributed by atoms with Gasteiger partial charge in [-0.1, -0.05) is 0 Å². The molecule has 3 N–H and O–H groups in total. The standard InChI is InChI=1S/C10H20O3S2/c11-3-2-8(12)6-9(13)7-10-14-4-1-5-15-10/h8-13H,1-7H2/t8-,9+/m0/s1. The molecule has 0 unspecified atom stereocenters. The van der Waals surface area contributed by atoms with E-state index in [1.165, 1.54) is 17.9 Å². The molecule has 1 heterocycles. The molecule has 1 fully saturated rings. The summed E-state index contributed by atoms with van der Waals surface area (Å²) in [6.45, 7) is -0.0131. The Bertz CT molecular complexity index is 163. The van der Waals surface area contributed by atoms with Gasteiger partial charge in [0.15, 0.2) is 0 Å². The van der Waals surface area contributed by atoms with E-state index in [1.807, 2.05) is 23.5 Å². The summed E-state index contributed by atoms with van der Waals surface area (Å²) in [7, 11) is 0. The van der Waals surface area contributed by atoms with Crippen LogP contribution in [0.2, 0.25) is 0 Å². The number of rotatable bonds is 6. The Hall–Kier alpha value is 0.580. The van der Waals surface area contributed by atoms with Crippen LogP contribution in [0, 0.1) is 0 Å². The van der Waals surface area contributed by atoms with E-state index in [0.29, 0.717) is 17.4 Å². The van der Waals surface area contributed by atoms with E-state index < -0.39 is 12.2 Å². The first kappa shape index (κ1) is 13.6. The lowest BCUT2D eigenvalue weighted by Gasteiger charge is -2.24. The van der Waals surface area contributed by atoms with Gasteiger partial charge in [-0.05, 0) is 37.2 Å². The smallest absolute Gasteiger partial charge is 0.0586 e. The zero-order chi connectivity index (χ0) is 11.1. The quantitative estimate of drug-likeness (QED) is 0.660. The maximum absolute atomic E-state index is 9.73. The van der Waals surface area contributed by atoms with Gasteiger partial charge in [-0.15, -0.1) is 23.5 Å². The normalized spacial score (nSPS) is 22.6. The number of hydrogen-bond acceptors (Lipinski definition) is 5. The third-order valence-electron chi connectivity index (χ3n) is 2.37. The SMILES string of the molecule is OCC[C@H](O)C[C@@H](O)CC1SCCCS1. The fraction of sp³-hybridized carbons (Fsp3) is 1.00. The monoisotopic (exact) mass is 252 g/mol. The van der Waals surface area contributed by atoms with Crippen molar-refractivity contribution >= 4 is 23.5 Å². The largest absolute Gasteiger partial charge is 0.396 e. The molecule has 0 aromatic carbocycles. The predicted octanol–water partition coefficient (Wildman–Crippen LogP) is 1.07. The average molecular weight is 252 g/mol. The predicted molar refractivity (Wildman–Crippen MR) is 66.3 cm³/mol. The van der Waals surface area contributed by atoms with E-state index in [0.717, 1.165) is 6.42 Å². The van der Waals surface area contributed by atoms with Gasteiger partial charge in [0.25, 0.3) is 0 Å². The van der Waals surface area contributed by atoms with Crippen molar-refractivity contribution in [3.8, 4) is 0 Å². The Kier molecular flexibility index (Phi) is 7.08. The number of aliphatic hydroxyl groups excluding tert-OH is 3. The molecule has 0 aromatic rings. The van der Waals surface area contributed by atoms with Crippen LogP contribution in [0.4, 0.5) is 0 Å². The molecule has 0 saturated carbocycles. The van der Waals surface area contributed by atoms with Crippen molar-refractivity contribution < 1.29 is 15.3 Å². The number of hydrogen-bond donors (Lipinski definition) is 3. The zero-order valence-electron chi connectivity index (χ0n) is 8.84. The van der Waals surface area contributed by atoms with E-state index >= 15 is 0 Å². The van der Waals surface area contributed by atoms with Gasteiger partial charge in [-0.25, -0.2) is 0 Å². The summed E-state index contributed by atoms with van der Waals surface area (Å²) in [6, 6.07) is 0. The van der Waals surface area contributed by atoms with Crippen molar-refractivity contribution in [2.75, 3.05) is 18.1 Å². The topological polar surface area (TPSA) is 60.7 Å². The van der Waals surface area contributed by atoms with E-state index in [4.69, 9.17) is 5.11 Å². The van der Waals surface area contributed by atoms with Gasteiger partial charge in [-0.3, -0.25) is 0 Å². The Morgan fingerprint density at radius 1 is 1.13 bits per heavy atom. The molecular formula is C10H20O3S2. The molecule has 0 radical (unpaired) electrons. The van der Waals surface area contributed by atoms with E-state index in [-0.39, 0.29) is 6.61 Å². The first-order valence-corrected chi connectivity index (χ1v) is 7.52. The highest BCUT2D eigenvalue weighted by Crippen LogP contribution is 2.34. The molecule has 1 aliphatic rings. The molecule has 0 bridgehead atoms. The molecule has 1 aliphatic heterocycles. The fourth-order valence-electron chi connectivity index (χ4n) is 1.57. The summed E-state index contributed by atoms with van der Waals surface area (Å²) in [6.07, 6.45) is 1.76. The van der Waals surface area contributed by atoms with Crippen LogP contribution in [0.1, 0.15) is 25.7 Å². The maximum Gasteiger partial charge on any atom is 0.0586 e. The minimum atomic E-state index is -0.566. The summed E-state index contributed by atoms with van der Waals surface area (Å²) in [5.41, 5.74) is 0. The van der Waals surface area contributed by atoms with E-state index in [1.54, 1.807) is 0 Å². The van der Waals surface area contributed by atoms with Gasteiger partial charge in [0, 0.05) is 6.61 Å². The number of aliphatic hydroxyl groups is 3. The highest BCUT2D eigenvalue weighted by molar-refractivity contribution is 8.17. The van der Waals surface area contributed by atoms with E-state index in [2.05, 4.69) is 0 Å². The van der Waals surface area contributed by atoms with Gasteiger partial charge in [0.1, 0.15) is 0 Å². The van der Waals surface area contributed by atoms with Crippen LogP contribution >= 0.6 is 23.5 Å². The molecule has 1 saturated heterocycles. The van der Waals surface area contributed by atoms with Crippen molar-refractivity contribution in [2.24, 2.45) is 0 Å². The second kappa shape index (κ2) is 7.79. The molecule has 90 valence electrons. The van der Waals surface area contributed by atoms with Crippen molar-refractivity contribution in [1.29, 1.82) is 0 Å². The summed E-state index contributed by atoms with van der Waals surface area (Å²) in [5, 5.41) is 27.8. The van der Waals surface area contributed by atoms with Gasteiger partial charge in [0.2, 0.25) is 0 Å². The molecule has 0 spiro atoms. The Morgan fingerprint density at radius 2 is 1.80 bits per heavy atom. The van der Waals surface area contributed by atoms with E-state index in [9.17, 15) is 10.2 Å². The average Bonchev–Trinajstić information content (AvgIpc) is 2.19. The molecule has 1 rings (SSSR count). The second-order valence-corrected chi connectivity index (χ2v) is 6.74. The Balaban J connectivity index is 2.13. The first-order valence-electron chi connectivity index (χ1n) is 5.42. The highest BCUT2D eigenvalue weighted by Gasteiger charge is 2.20. The van der Waals surface area contributed by atoms with Crippen LogP contribution in [0.15, 0.2) is 0 Å². The molecule has 3 nitrogen and oxygen atoms in total. The van der Waals surface area contributed by atoms with Crippen LogP contribution in [-0.2, 0) is 0 Å². The molecular weight excluding hydrogens is 232 g/mol. The summed E-state index contributed by atoms with van der Waals surface area (Å²) in [4.78, 5) is 0. The van der Waals surface area contributed by atoms with Crippen LogP contribution in [0.5, 0.6) is 0 Å². The van der Waals surface area contributed by atoms with Crippen LogP contribution < -0.4 is 0 Å². The minimum absolute atomic E-state index is 0.0131. The van der Waals surface area contributed by atoms with Gasteiger partial charge in [-0.2, -0.15) is 0 Å². The molecule has 0 aliphatic carbocycles. The van der Waals surface area contributed by atoms with Crippen molar-refractivity contribution in [1.82, 2.24) is 0 Å². The van der Waals surface area contributed by atoms with Crippen molar-refractivity contribution in [2.45, 2.75) is 42.5 Å². The third kappa shape index (κ3) is 6.02. The first-order chi connectivity index (χ1) is 7.22. The number of thioether (sulfide) groups is 2. The Labute approximate surface area is 99.6 Å². The molecule has 0 amide bonds. The molecule has 0 aromatic heterocycles. The lowest BCUT2D eigenvalue weighted by Crippen LogP contribution is -2.22. The Morgan fingerprint density at radius 3 is 2.40 bits per heavy atom.